The summed E-state index contributed by atoms with van der Waals surface area (Å²) in [5.74, 6) is 0. The van der Waals surface area contributed by atoms with Gasteiger partial charge >= 0.3 is 0 Å². The Bertz CT molecular complexity index is 722. The minimum Gasteiger partial charge on any atom is -0.370 e. The Morgan fingerprint density at radius 3 is 2.58 bits per heavy atom. The summed E-state index contributed by atoms with van der Waals surface area (Å²) >= 11 is 0. The van der Waals surface area contributed by atoms with Gasteiger partial charge in [-0.1, -0.05) is 0 Å². The number of nitrogens with zero attached hydrogens (tertiary/aromatic N) is 2. The van der Waals surface area contributed by atoms with Crippen molar-refractivity contribution in [2.24, 2.45) is 5.14 Å². The van der Waals surface area contributed by atoms with Gasteiger partial charge in [-0.15, -0.1) is 0 Å². The van der Waals surface area contributed by atoms with Gasteiger partial charge in [-0.2, -0.15) is 0 Å². The zero-order chi connectivity index (χ0) is 13.5. The molecule has 3 rings (SSSR count). The molecule has 1 saturated heterocycles. The van der Waals surface area contributed by atoms with Crippen molar-refractivity contribution in [1.29, 1.82) is 0 Å². The number of anilines is 1. The standard InChI is InChI=1S/C13H15N3O2S/c14-19(17,18)12-6-5-11(16-8-1-2-9-16)13-10(12)4-3-7-15-13/h3-7H,1-2,8-9H2,(H2,14,17,18). The minimum absolute atomic E-state index is 0.138. The highest BCUT2D eigenvalue weighted by atomic mass is 32.2. The first-order chi connectivity index (χ1) is 9.07. The lowest BCUT2D eigenvalue weighted by Crippen LogP contribution is -2.19. The van der Waals surface area contributed by atoms with E-state index in [0.29, 0.717) is 10.9 Å². The fourth-order valence-electron chi connectivity index (χ4n) is 2.59. The summed E-state index contributed by atoms with van der Waals surface area (Å²) < 4.78 is 23.2. The highest BCUT2D eigenvalue weighted by Gasteiger charge is 2.19. The fourth-order valence-corrected chi connectivity index (χ4v) is 3.32. The summed E-state index contributed by atoms with van der Waals surface area (Å²) in [7, 11) is -3.73. The average Bonchev–Trinajstić information content (AvgIpc) is 2.90. The largest absolute Gasteiger partial charge is 0.370 e. The molecule has 2 heterocycles. The van der Waals surface area contributed by atoms with E-state index in [4.69, 9.17) is 5.14 Å². The number of pyridine rings is 1. The monoisotopic (exact) mass is 277 g/mol. The Kier molecular flexibility index (Phi) is 2.91. The molecule has 1 aromatic heterocycles. The van der Waals surface area contributed by atoms with Crippen LogP contribution in [0.25, 0.3) is 10.9 Å². The summed E-state index contributed by atoms with van der Waals surface area (Å²) in [5.41, 5.74) is 1.69. The van der Waals surface area contributed by atoms with Crippen molar-refractivity contribution in [2.45, 2.75) is 17.7 Å². The van der Waals surface area contributed by atoms with E-state index in [1.54, 1.807) is 30.5 Å². The van der Waals surface area contributed by atoms with Crippen LogP contribution in [0.15, 0.2) is 35.4 Å². The van der Waals surface area contributed by atoms with Gasteiger partial charge in [-0.25, -0.2) is 13.6 Å². The van der Waals surface area contributed by atoms with Crippen LogP contribution in [-0.4, -0.2) is 26.5 Å². The average molecular weight is 277 g/mol. The third kappa shape index (κ3) is 2.17. The maximum atomic E-state index is 11.6. The number of benzene rings is 1. The predicted molar refractivity (Wildman–Crippen MR) is 74.6 cm³/mol. The predicted octanol–water partition coefficient (Wildman–Crippen LogP) is 1.48. The van der Waals surface area contributed by atoms with Crippen LogP contribution in [0.3, 0.4) is 0 Å². The zero-order valence-electron chi connectivity index (χ0n) is 10.4. The molecule has 2 aromatic rings. The van der Waals surface area contributed by atoms with E-state index in [-0.39, 0.29) is 4.90 Å². The van der Waals surface area contributed by atoms with Crippen LogP contribution in [-0.2, 0) is 10.0 Å². The lowest BCUT2D eigenvalue weighted by atomic mass is 10.2. The molecule has 100 valence electrons. The van der Waals surface area contributed by atoms with Crippen molar-refractivity contribution in [1.82, 2.24) is 4.98 Å². The molecule has 1 aliphatic heterocycles. The Hall–Kier alpha value is -1.66. The van der Waals surface area contributed by atoms with E-state index < -0.39 is 10.0 Å². The molecule has 6 heteroatoms. The van der Waals surface area contributed by atoms with Crippen molar-refractivity contribution < 1.29 is 8.42 Å². The van der Waals surface area contributed by atoms with Crippen LogP contribution >= 0.6 is 0 Å². The van der Waals surface area contributed by atoms with E-state index in [9.17, 15) is 8.42 Å². The molecule has 1 aromatic carbocycles. The first kappa shape index (κ1) is 12.4. The highest BCUT2D eigenvalue weighted by molar-refractivity contribution is 7.89. The molecule has 1 fully saturated rings. The Labute approximate surface area is 112 Å². The van der Waals surface area contributed by atoms with Crippen molar-refractivity contribution in [2.75, 3.05) is 18.0 Å². The summed E-state index contributed by atoms with van der Waals surface area (Å²) in [6.45, 7) is 1.97. The third-order valence-electron chi connectivity index (χ3n) is 3.46. The second-order valence-electron chi connectivity index (χ2n) is 4.72. The highest BCUT2D eigenvalue weighted by Crippen LogP contribution is 2.31. The molecule has 5 nitrogen and oxygen atoms in total. The number of aromatic nitrogens is 1. The minimum atomic E-state index is -3.73. The van der Waals surface area contributed by atoms with Crippen LogP contribution in [0.1, 0.15) is 12.8 Å². The second kappa shape index (κ2) is 4.47. The number of fused-ring (bicyclic) bond motifs is 1. The molecule has 0 spiro atoms. The van der Waals surface area contributed by atoms with Crippen molar-refractivity contribution in [3.8, 4) is 0 Å². The number of hydrogen-bond donors (Lipinski definition) is 1. The molecule has 0 bridgehead atoms. The van der Waals surface area contributed by atoms with Gasteiger partial charge in [0.2, 0.25) is 10.0 Å². The van der Waals surface area contributed by atoms with Gasteiger partial charge in [0.1, 0.15) is 0 Å². The Balaban J connectivity index is 2.27. The van der Waals surface area contributed by atoms with Crippen LogP contribution in [0.2, 0.25) is 0 Å². The Morgan fingerprint density at radius 2 is 1.89 bits per heavy atom. The van der Waals surface area contributed by atoms with Gasteiger partial charge in [0, 0.05) is 24.7 Å². The zero-order valence-corrected chi connectivity index (χ0v) is 11.2. The molecule has 19 heavy (non-hydrogen) atoms. The van der Waals surface area contributed by atoms with Gasteiger partial charge in [0.05, 0.1) is 16.1 Å². The third-order valence-corrected chi connectivity index (χ3v) is 4.43. The number of hydrogen-bond acceptors (Lipinski definition) is 4. The van der Waals surface area contributed by atoms with E-state index in [1.165, 1.54) is 0 Å². The van der Waals surface area contributed by atoms with Gasteiger partial charge in [-0.3, -0.25) is 4.98 Å². The van der Waals surface area contributed by atoms with E-state index >= 15 is 0 Å². The number of nitrogens with two attached hydrogens (primary N) is 1. The molecule has 0 radical (unpaired) electrons. The first-order valence-corrected chi connectivity index (χ1v) is 7.77. The topological polar surface area (TPSA) is 76.3 Å². The normalized spacial score (nSPS) is 16.2. The summed E-state index contributed by atoms with van der Waals surface area (Å²) in [6, 6.07) is 6.86. The SMILES string of the molecule is NS(=O)(=O)c1ccc(N2CCCC2)c2ncccc12. The van der Waals surface area contributed by atoms with Crippen molar-refractivity contribution in [3.05, 3.63) is 30.5 Å². The molecule has 0 unspecified atom stereocenters. The molecule has 0 aliphatic carbocycles. The maximum absolute atomic E-state index is 11.6. The lowest BCUT2D eigenvalue weighted by Gasteiger charge is -2.19. The van der Waals surface area contributed by atoms with Gasteiger partial charge in [0.15, 0.2) is 0 Å². The van der Waals surface area contributed by atoms with Crippen molar-refractivity contribution >= 4 is 26.6 Å². The smallest absolute Gasteiger partial charge is 0.238 e. The Morgan fingerprint density at radius 1 is 1.16 bits per heavy atom. The fraction of sp³-hybridized carbons (Fsp3) is 0.308. The van der Waals surface area contributed by atoms with Crippen LogP contribution < -0.4 is 10.0 Å². The second-order valence-corrected chi connectivity index (χ2v) is 6.25. The van der Waals surface area contributed by atoms with Crippen LogP contribution in [0.4, 0.5) is 5.69 Å². The van der Waals surface area contributed by atoms with Crippen LogP contribution in [0, 0.1) is 0 Å². The van der Waals surface area contributed by atoms with E-state index in [2.05, 4.69) is 9.88 Å². The molecular formula is C13H15N3O2S. The van der Waals surface area contributed by atoms with E-state index in [0.717, 1.165) is 31.6 Å². The number of sulfonamides is 1. The number of primary sulfonamides is 1. The summed E-state index contributed by atoms with van der Waals surface area (Å²) in [6.07, 6.45) is 3.99. The molecular weight excluding hydrogens is 262 g/mol. The molecule has 0 atom stereocenters. The summed E-state index contributed by atoms with van der Waals surface area (Å²) in [5, 5.41) is 5.85. The summed E-state index contributed by atoms with van der Waals surface area (Å²) in [4.78, 5) is 6.71. The number of rotatable bonds is 2. The van der Waals surface area contributed by atoms with Crippen molar-refractivity contribution in [3.63, 3.8) is 0 Å². The van der Waals surface area contributed by atoms with Gasteiger partial charge in [0.25, 0.3) is 0 Å². The maximum Gasteiger partial charge on any atom is 0.238 e. The molecule has 0 amide bonds. The van der Waals surface area contributed by atoms with E-state index in [1.807, 2.05) is 0 Å². The molecule has 0 saturated carbocycles. The lowest BCUT2D eigenvalue weighted by molar-refractivity contribution is 0.598. The first-order valence-electron chi connectivity index (χ1n) is 6.23. The molecule has 1 aliphatic rings. The molecule has 2 N–H and O–H groups in total. The van der Waals surface area contributed by atoms with Gasteiger partial charge in [-0.05, 0) is 37.1 Å². The van der Waals surface area contributed by atoms with Crippen LogP contribution in [0.5, 0.6) is 0 Å². The van der Waals surface area contributed by atoms with Gasteiger partial charge < -0.3 is 4.90 Å². The quantitative estimate of drug-likeness (QED) is 0.902.